The van der Waals surface area contributed by atoms with Crippen LogP contribution >= 0.6 is 0 Å². The van der Waals surface area contributed by atoms with Crippen LogP contribution in [-0.4, -0.2) is 25.1 Å². The minimum Gasteiger partial charge on any atom is -0.434 e. The summed E-state index contributed by atoms with van der Waals surface area (Å²) in [6.07, 6.45) is 0.794. The number of carbonyl (C=O) groups excluding carboxylic acids is 1. The molecule has 0 saturated carbocycles. The molecule has 0 aromatic heterocycles. The number of hydrogen-bond acceptors (Lipinski definition) is 3. The molecule has 1 aromatic rings. The highest BCUT2D eigenvalue weighted by atomic mass is 19.3. The van der Waals surface area contributed by atoms with Crippen LogP contribution in [-0.2, 0) is 11.3 Å². The van der Waals surface area contributed by atoms with Crippen LogP contribution in [0.4, 0.5) is 8.78 Å². The van der Waals surface area contributed by atoms with Gasteiger partial charge in [-0.15, -0.1) is 0 Å². The highest BCUT2D eigenvalue weighted by Gasteiger charge is 2.29. The van der Waals surface area contributed by atoms with Crippen molar-refractivity contribution in [3.63, 3.8) is 0 Å². The fourth-order valence-corrected chi connectivity index (χ4v) is 2.39. The molecule has 1 fully saturated rings. The Morgan fingerprint density at radius 3 is 2.90 bits per heavy atom. The van der Waals surface area contributed by atoms with Crippen LogP contribution in [0.1, 0.15) is 18.9 Å². The number of alkyl halides is 2. The Morgan fingerprint density at radius 1 is 1.50 bits per heavy atom. The molecular weight excluding hydrogens is 266 g/mol. The molecular formula is C14H18F2N2O2. The van der Waals surface area contributed by atoms with Crippen LogP contribution in [0.2, 0.25) is 0 Å². The lowest BCUT2D eigenvalue weighted by Gasteiger charge is -2.16. The molecule has 2 atom stereocenters. The molecule has 4 nitrogen and oxygen atoms in total. The van der Waals surface area contributed by atoms with E-state index in [1.807, 2.05) is 6.92 Å². The molecule has 110 valence electrons. The second kappa shape index (κ2) is 6.65. The average Bonchev–Trinajstić information content (AvgIpc) is 2.83. The largest absolute Gasteiger partial charge is 0.434 e. The summed E-state index contributed by atoms with van der Waals surface area (Å²) in [4.78, 5) is 12.0. The van der Waals surface area contributed by atoms with Gasteiger partial charge in [-0.05, 0) is 26.0 Å². The van der Waals surface area contributed by atoms with E-state index in [2.05, 4.69) is 15.4 Å². The molecule has 0 spiro atoms. The molecule has 1 amide bonds. The number of nitrogens with one attached hydrogen (secondary N) is 2. The summed E-state index contributed by atoms with van der Waals surface area (Å²) in [5.41, 5.74) is 0.541. The van der Waals surface area contributed by atoms with E-state index in [9.17, 15) is 13.6 Å². The second-order valence-electron chi connectivity index (χ2n) is 4.84. The van der Waals surface area contributed by atoms with E-state index >= 15 is 0 Å². The minimum atomic E-state index is -2.87. The van der Waals surface area contributed by atoms with Gasteiger partial charge in [0.05, 0.1) is 5.92 Å². The van der Waals surface area contributed by atoms with E-state index in [1.165, 1.54) is 6.07 Å². The Bertz CT molecular complexity index is 468. The van der Waals surface area contributed by atoms with Crippen molar-refractivity contribution in [1.82, 2.24) is 10.6 Å². The summed E-state index contributed by atoms with van der Waals surface area (Å²) in [7, 11) is 0. The quantitative estimate of drug-likeness (QED) is 0.868. The normalized spacial score (nSPS) is 22.0. The van der Waals surface area contributed by atoms with Gasteiger partial charge in [0.2, 0.25) is 5.91 Å². The number of rotatable bonds is 5. The first-order valence-corrected chi connectivity index (χ1v) is 6.61. The number of halogens is 2. The fraction of sp³-hybridized carbons (Fsp3) is 0.500. The number of carbonyl (C=O) groups is 1. The Labute approximate surface area is 116 Å². The Hall–Kier alpha value is -1.69. The Morgan fingerprint density at radius 2 is 2.25 bits per heavy atom. The van der Waals surface area contributed by atoms with Crippen LogP contribution in [0.25, 0.3) is 0 Å². The average molecular weight is 284 g/mol. The zero-order valence-electron chi connectivity index (χ0n) is 11.2. The van der Waals surface area contributed by atoms with Crippen molar-refractivity contribution in [1.29, 1.82) is 0 Å². The summed E-state index contributed by atoms with van der Waals surface area (Å²) < 4.78 is 29.0. The van der Waals surface area contributed by atoms with Crippen LogP contribution < -0.4 is 15.4 Å². The number of ether oxygens (including phenoxy) is 1. The maximum absolute atomic E-state index is 12.3. The summed E-state index contributed by atoms with van der Waals surface area (Å²) in [6, 6.07) is 6.61. The smallest absolute Gasteiger partial charge is 0.387 e. The van der Waals surface area contributed by atoms with Gasteiger partial charge >= 0.3 is 6.61 Å². The zero-order valence-corrected chi connectivity index (χ0v) is 11.2. The monoisotopic (exact) mass is 284 g/mol. The zero-order chi connectivity index (χ0) is 14.5. The van der Waals surface area contributed by atoms with E-state index < -0.39 is 6.61 Å². The van der Waals surface area contributed by atoms with Crippen molar-refractivity contribution in [2.24, 2.45) is 5.92 Å². The minimum absolute atomic E-state index is 0.0608. The molecule has 1 aliphatic heterocycles. The first-order chi connectivity index (χ1) is 9.58. The highest BCUT2D eigenvalue weighted by Crippen LogP contribution is 2.21. The van der Waals surface area contributed by atoms with E-state index in [1.54, 1.807) is 18.2 Å². The maximum atomic E-state index is 12.3. The molecule has 20 heavy (non-hydrogen) atoms. The van der Waals surface area contributed by atoms with Gasteiger partial charge in [0, 0.05) is 18.2 Å². The highest BCUT2D eigenvalue weighted by molar-refractivity contribution is 5.79. The van der Waals surface area contributed by atoms with Crippen molar-refractivity contribution in [2.75, 3.05) is 6.54 Å². The van der Waals surface area contributed by atoms with Gasteiger partial charge in [-0.1, -0.05) is 18.2 Å². The molecule has 6 heteroatoms. The van der Waals surface area contributed by atoms with E-state index in [0.29, 0.717) is 5.56 Å². The molecule has 1 saturated heterocycles. The van der Waals surface area contributed by atoms with Crippen molar-refractivity contribution < 1.29 is 18.3 Å². The van der Waals surface area contributed by atoms with Crippen LogP contribution in [0, 0.1) is 5.92 Å². The predicted molar refractivity (Wildman–Crippen MR) is 70.5 cm³/mol. The summed E-state index contributed by atoms with van der Waals surface area (Å²) in [5.74, 6) is -0.0343. The van der Waals surface area contributed by atoms with Crippen LogP contribution in [0.3, 0.4) is 0 Å². The topological polar surface area (TPSA) is 50.4 Å². The fourth-order valence-electron chi connectivity index (χ4n) is 2.39. The van der Waals surface area contributed by atoms with Gasteiger partial charge in [0.25, 0.3) is 0 Å². The lowest BCUT2D eigenvalue weighted by molar-refractivity contribution is -0.125. The molecule has 1 aliphatic rings. The van der Waals surface area contributed by atoms with Gasteiger partial charge in [0.15, 0.2) is 0 Å². The number of para-hydroxylation sites is 1. The SMILES string of the molecule is CC1NCCC1C(=O)NCc1ccccc1OC(F)F. The summed E-state index contributed by atoms with van der Waals surface area (Å²) >= 11 is 0. The van der Waals surface area contributed by atoms with E-state index in [4.69, 9.17) is 0 Å². The number of benzene rings is 1. The molecule has 2 rings (SSSR count). The van der Waals surface area contributed by atoms with Gasteiger partial charge in [-0.2, -0.15) is 8.78 Å². The van der Waals surface area contributed by atoms with Crippen molar-refractivity contribution >= 4 is 5.91 Å². The van der Waals surface area contributed by atoms with Crippen molar-refractivity contribution in [2.45, 2.75) is 32.5 Å². The first-order valence-electron chi connectivity index (χ1n) is 6.61. The lowest BCUT2D eigenvalue weighted by Crippen LogP contribution is -2.36. The van der Waals surface area contributed by atoms with Crippen molar-refractivity contribution in [3.8, 4) is 5.75 Å². The lowest BCUT2D eigenvalue weighted by atomic mass is 10.0. The van der Waals surface area contributed by atoms with Crippen LogP contribution in [0.15, 0.2) is 24.3 Å². The standard InChI is InChI=1S/C14H18F2N2O2/c1-9-11(6-7-17-9)13(19)18-8-10-4-2-3-5-12(10)20-14(15)16/h2-5,9,11,14,17H,6-8H2,1H3,(H,18,19). The molecule has 0 bridgehead atoms. The van der Waals surface area contributed by atoms with Crippen LogP contribution in [0.5, 0.6) is 5.75 Å². The number of hydrogen-bond donors (Lipinski definition) is 2. The molecule has 2 N–H and O–H groups in total. The van der Waals surface area contributed by atoms with Gasteiger partial charge in [-0.3, -0.25) is 4.79 Å². The molecule has 0 radical (unpaired) electrons. The van der Waals surface area contributed by atoms with E-state index in [-0.39, 0.29) is 30.2 Å². The number of amides is 1. The third kappa shape index (κ3) is 3.66. The third-order valence-electron chi connectivity index (χ3n) is 3.50. The maximum Gasteiger partial charge on any atom is 0.387 e. The Balaban J connectivity index is 1.95. The Kier molecular flexibility index (Phi) is 4.89. The molecule has 2 unspecified atom stereocenters. The first kappa shape index (κ1) is 14.7. The second-order valence-corrected chi connectivity index (χ2v) is 4.84. The van der Waals surface area contributed by atoms with Gasteiger partial charge in [-0.25, -0.2) is 0 Å². The molecule has 1 heterocycles. The summed E-state index contributed by atoms with van der Waals surface area (Å²) in [6.45, 7) is 0.103. The molecule has 0 aliphatic carbocycles. The third-order valence-corrected chi connectivity index (χ3v) is 3.50. The van der Waals surface area contributed by atoms with Gasteiger partial charge < -0.3 is 15.4 Å². The summed E-state index contributed by atoms with van der Waals surface area (Å²) in [5, 5.41) is 5.98. The van der Waals surface area contributed by atoms with Crippen molar-refractivity contribution in [3.05, 3.63) is 29.8 Å². The van der Waals surface area contributed by atoms with Gasteiger partial charge in [0.1, 0.15) is 5.75 Å². The molecule has 1 aromatic carbocycles. The predicted octanol–water partition coefficient (Wildman–Crippen LogP) is 1.90. The van der Waals surface area contributed by atoms with E-state index in [0.717, 1.165) is 13.0 Å².